The summed E-state index contributed by atoms with van der Waals surface area (Å²) in [6.45, 7) is 7.10. The van der Waals surface area contributed by atoms with Crippen molar-refractivity contribution in [2.45, 2.75) is 49.0 Å². The van der Waals surface area contributed by atoms with E-state index in [0.717, 1.165) is 17.3 Å². The lowest BCUT2D eigenvalue weighted by atomic mass is 10.0. The summed E-state index contributed by atoms with van der Waals surface area (Å²) in [5.41, 5.74) is 3.38. The summed E-state index contributed by atoms with van der Waals surface area (Å²) in [6, 6.07) is 13.0. The summed E-state index contributed by atoms with van der Waals surface area (Å²) in [7, 11) is 4.16. The highest BCUT2D eigenvalue weighted by Crippen LogP contribution is 2.38. The number of fused-ring (bicyclic) bond motifs is 1. The molecule has 0 atom stereocenters. The zero-order chi connectivity index (χ0) is 21.2. The first kappa shape index (κ1) is 22.0. The summed E-state index contributed by atoms with van der Waals surface area (Å²) in [6.07, 6.45) is 1.47. The molecule has 1 heterocycles. The van der Waals surface area contributed by atoms with E-state index in [0.29, 0.717) is 13.1 Å². The number of rotatable bonds is 3. The molecule has 0 fully saturated rings. The maximum absolute atomic E-state index is 12.5. The molecule has 0 N–H and O–H groups in total. The Morgan fingerprint density at radius 3 is 2.21 bits per heavy atom. The minimum absolute atomic E-state index is 0.220. The van der Waals surface area contributed by atoms with E-state index < -0.39 is 5.60 Å². The molecule has 0 unspecified atom stereocenters. The van der Waals surface area contributed by atoms with Crippen LogP contribution < -0.4 is 4.90 Å². The van der Waals surface area contributed by atoms with Crippen LogP contribution in [0.15, 0.2) is 50.7 Å². The fourth-order valence-corrected chi connectivity index (χ4v) is 4.65. The van der Waals surface area contributed by atoms with Crippen LogP contribution in [0.25, 0.3) is 0 Å². The first-order chi connectivity index (χ1) is 13.6. The average molecular weight is 477 g/mol. The van der Waals surface area contributed by atoms with Gasteiger partial charge in [-0.25, -0.2) is 4.79 Å². The van der Waals surface area contributed by atoms with E-state index in [9.17, 15) is 4.79 Å². The van der Waals surface area contributed by atoms with Gasteiger partial charge in [0, 0.05) is 41.4 Å². The number of nitrogens with zero attached hydrogens (tertiary/aromatic N) is 2. The van der Waals surface area contributed by atoms with Crippen LogP contribution in [0.3, 0.4) is 0 Å². The quantitative estimate of drug-likeness (QED) is 0.543. The molecule has 0 spiro atoms. The summed E-state index contributed by atoms with van der Waals surface area (Å²) in [4.78, 5) is 19.0. The molecule has 29 heavy (non-hydrogen) atoms. The minimum Gasteiger partial charge on any atom is -0.444 e. The molecule has 1 aliphatic heterocycles. The number of amides is 1. The van der Waals surface area contributed by atoms with Crippen LogP contribution in [0.2, 0.25) is 0 Å². The van der Waals surface area contributed by atoms with Crippen molar-refractivity contribution in [2.75, 3.05) is 32.1 Å². The number of benzene rings is 2. The molecule has 0 saturated carbocycles. The van der Waals surface area contributed by atoms with Crippen LogP contribution in [-0.4, -0.2) is 43.8 Å². The molecule has 4 nitrogen and oxygen atoms in total. The number of hydrogen-bond donors (Lipinski definition) is 0. The van der Waals surface area contributed by atoms with Crippen molar-refractivity contribution >= 4 is 39.5 Å². The second-order valence-electron chi connectivity index (χ2n) is 8.51. The number of ether oxygens (including phenoxy) is 1. The Hall–Kier alpha value is -1.66. The Labute approximate surface area is 186 Å². The van der Waals surface area contributed by atoms with Gasteiger partial charge in [-0.1, -0.05) is 27.7 Å². The molecule has 1 amide bonds. The van der Waals surface area contributed by atoms with Crippen LogP contribution in [0, 0.1) is 0 Å². The largest absolute Gasteiger partial charge is 0.444 e. The van der Waals surface area contributed by atoms with Crippen molar-refractivity contribution < 1.29 is 9.53 Å². The molecule has 6 heteroatoms. The van der Waals surface area contributed by atoms with Gasteiger partial charge in [-0.05, 0) is 81.1 Å². The lowest BCUT2D eigenvalue weighted by molar-refractivity contribution is 0.0258. The Morgan fingerprint density at radius 2 is 1.66 bits per heavy atom. The number of hydrogen-bond acceptors (Lipinski definition) is 4. The van der Waals surface area contributed by atoms with E-state index in [4.69, 9.17) is 4.74 Å². The van der Waals surface area contributed by atoms with Crippen molar-refractivity contribution in [1.82, 2.24) is 4.90 Å². The molecule has 0 saturated heterocycles. The third-order valence-electron chi connectivity index (χ3n) is 4.76. The van der Waals surface area contributed by atoms with Gasteiger partial charge < -0.3 is 14.5 Å². The molecular weight excluding hydrogens is 448 g/mol. The van der Waals surface area contributed by atoms with Gasteiger partial charge in [0.2, 0.25) is 0 Å². The molecule has 2 aromatic rings. The fourth-order valence-electron chi connectivity index (χ4n) is 3.31. The number of anilines is 1. The van der Waals surface area contributed by atoms with Crippen LogP contribution in [0.5, 0.6) is 0 Å². The zero-order valence-corrected chi connectivity index (χ0v) is 20.2. The molecule has 156 valence electrons. The predicted octanol–water partition coefficient (Wildman–Crippen LogP) is 6.00. The fraction of sp³-hybridized carbons (Fsp3) is 0.435. The summed E-state index contributed by atoms with van der Waals surface area (Å²) < 4.78 is 6.66. The SMILES string of the molecule is CN(C)c1cc2c(cc1Sc1ccc(Br)cc1)CCN(C(=O)OC(C)(C)C)CC2. The Kier molecular flexibility index (Phi) is 6.84. The first-order valence-corrected chi connectivity index (χ1v) is 11.5. The topological polar surface area (TPSA) is 32.8 Å². The minimum atomic E-state index is -0.469. The standard InChI is InChI=1S/C23H29BrN2O2S/c1-23(2,3)28-22(27)26-12-10-16-14-20(25(4)5)21(15-17(16)11-13-26)29-19-8-6-18(24)7-9-19/h6-9,14-15H,10-13H2,1-5H3. The number of carbonyl (C=O) groups is 1. The summed E-state index contributed by atoms with van der Waals surface area (Å²) >= 11 is 5.28. The van der Waals surface area contributed by atoms with Gasteiger partial charge >= 0.3 is 6.09 Å². The molecule has 3 rings (SSSR count). The highest BCUT2D eigenvalue weighted by molar-refractivity contribution is 9.10. The monoisotopic (exact) mass is 476 g/mol. The predicted molar refractivity (Wildman–Crippen MR) is 124 cm³/mol. The van der Waals surface area contributed by atoms with Gasteiger partial charge in [-0.3, -0.25) is 0 Å². The van der Waals surface area contributed by atoms with Gasteiger partial charge in [-0.2, -0.15) is 0 Å². The number of carbonyl (C=O) groups excluding carboxylic acids is 1. The third kappa shape index (κ3) is 5.92. The molecule has 0 aromatic heterocycles. The third-order valence-corrected chi connectivity index (χ3v) is 6.34. The Morgan fingerprint density at radius 1 is 1.07 bits per heavy atom. The maximum atomic E-state index is 12.5. The van der Waals surface area contributed by atoms with Crippen molar-refractivity contribution in [3.05, 3.63) is 52.0 Å². The van der Waals surface area contributed by atoms with E-state index >= 15 is 0 Å². The van der Waals surface area contributed by atoms with E-state index in [2.05, 4.69) is 71.3 Å². The van der Waals surface area contributed by atoms with Gasteiger partial charge in [0.05, 0.1) is 5.69 Å². The van der Waals surface area contributed by atoms with Crippen LogP contribution in [0.1, 0.15) is 31.9 Å². The van der Waals surface area contributed by atoms with Gasteiger partial charge in [-0.15, -0.1) is 0 Å². The zero-order valence-electron chi connectivity index (χ0n) is 17.8. The summed E-state index contributed by atoms with van der Waals surface area (Å²) in [5.74, 6) is 0. The second kappa shape index (κ2) is 9.00. The molecule has 1 aliphatic rings. The van der Waals surface area contributed by atoms with E-state index in [1.54, 1.807) is 11.8 Å². The van der Waals surface area contributed by atoms with Crippen LogP contribution >= 0.6 is 27.7 Å². The van der Waals surface area contributed by atoms with Crippen LogP contribution in [0.4, 0.5) is 10.5 Å². The average Bonchev–Trinajstić information content (AvgIpc) is 2.83. The van der Waals surface area contributed by atoms with Crippen molar-refractivity contribution in [3.63, 3.8) is 0 Å². The molecular formula is C23H29BrN2O2S. The van der Waals surface area contributed by atoms with Gasteiger partial charge in [0.15, 0.2) is 0 Å². The lowest BCUT2D eigenvalue weighted by Gasteiger charge is -2.26. The normalized spacial score (nSPS) is 14.2. The lowest BCUT2D eigenvalue weighted by Crippen LogP contribution is -2.38. The smallest absolute Gasteiger partial charge is 0.410 e. The maximum Gasteiger partial charge on any atom is 0.410 e. The molecule has 0 radical (unpaired) electrons. The number of halogens is 1. The highest BCUT2D eigenvalue weighted by atomic mass is 79.9. The molecule has 0 bridgehead atoms. The second-order valence-corrected chi connectivity index (χ2v) is 10.5. The summed E-state index contributed by atoms with van der Waals surface area (Å²) in [5, 5.41) is 0. The van der Waals surface area contributed by atoms with Crippen molar-refractivity contribution in [2.24, 2.45) is 0 Å². The van der Waals surface area contributed by atoms with Gasteiger partial charge in [0.25, 0.3) is 0 Å². The van der Waals surface area contributed by atoms with E-state index in [1.807, 2.05) is 25.7 Å². The van der Waals surface area contributed by atoms with Gasteiger partial charge in [0.1, 0.15) is 5.60 Å². The Bertz CT molecular complexity index is 876. The van der Waals surface area contributed by atoms with Crippen molar-refractivity contribution in [3.8, 4) is 0 Å². The van der Waals surface area contributed by atoms with Crippen molar-refractivity contribution in [1.29, 1.82) is 0 Å². The molecule has 0 aliphatic carbocycles. The highest BCUT2D eigenvalue weighted by Gasteiger charge is 2.25. The molecule has 2 aromatic carbocycles. The first-order valence-electron chi connectivity index (χ1n) is 9.87. The van der Waals surface area contributed by atoms with Crippen LogP contribution in [-0.2, 0) is 17.6 Å². The Balaban J connectivity index is 1.83. The van der Waals surface area contributed by atoms with E-state index in [-0.39, 0.29) is 6.09 Å². The van der Waals surface area contributed by atoms with E-state index in [1.165, 1.54) is 26.6 Å².